The number of nitrogens with two attached hydrogens (primary N) is 1. The Balaban J connectivity index is 2.97. The second-order valence-corrected chi connectivity index (χ2v) is 1.82. The molecule has 0 aliphatic heterocycles. The van der Waals surface area contributed by atoms with Crippen LogP contribution >= 0.6 is 0 Å². The van der Waals surface area contributed by atoms with E-state index in [4.69, 9.17) is 10.9 Å². The molecule has 0 saturated carbocycles. The van der Waals surface area contributed by atoms with Crippen LogP contribution < -0.4 is 5.73 Å². The average Bonchev–Trinajstić information content (AvgIpc) is 1.88. The van der Waals surface area contributed by atoms with E-state index in [0.717, 1.165) is 0 Å². The van der Waals surface area contributed by atoms with Gasteiger partial charge >= 0.3 is 0 Å². The summed E-state index contributed by atoms with van der Waals surface area (Å²) in [6.45, 7) is 0. The molecule has 52 valence electrons. The summed E-state index contributed by atoms with van der Waals surface area (Å²) < 4.78 is 0. The molecule has 1 aliphatic carbocycles. The lowest BCUT2D eigenvalue weighted by atomic mass is 10.1. The van der Waals surface area contributed by atoms with Gasteiger partial charge in [0.15, 0.2) is 5.78 Å². The Hall–Kier alpha value is -1.58. The van der Waals surface area contributed by atoms with Crippen LogP contribution in [0.5, 0.6) is 0 Å². The topological polar surface area (TPSA) is 75.7 Å². The van der Waals surface area contributed by atoms with Crippen LogP contribution in [-0.4, -0.2) is 16.7 Å². The minimum Gasteiger partial charge on any atom is -0.410 e. The molecule has 0 aromatic rings. The van der Waals surface area contributed by atoms with Crippen molar-refractivity contribution in [1.82, 2.24) is 0 Å². The second-order valence-electron chi connectivity index (χ2n) is 1.82. The van der Waals surface area contributed by atoms with Crippen molar-refractivity contribution in [1.29, 1.82) is 0 Å². The minimum atomic E-state index is -0.190. The fourth-order valence-corrected chi connectivity index (χ4v) is 0.624. The first kappa shape index (κ1) is 6.54. The van der Waals surface area contributed by atoms with Crippen LogP contribution in [-0.2, 0) is 4.79 Å². The smallest absolute Gasteiger partial charge is 0.180 e. The third kappa shape index (κ3) is 1.05. The van der Waals surface area contributed by atoms with E-state index in [9.17, 15) is 4.79 Å². The van der Waals surface area contributed by atoms with E-state index in [2.05, 4.69) is 5.16 Å². The lowest BCUT2D eigenvalue weighted by Crippen LogP contribution is -2.14. The van der Waals surface area contributed by atoms with E-state index in [1.54, 1.807) is 0 Å². The van der Waals surface area contributed by atoms with E-state index < -0.39 is 0 Å². The number of hydrogen-bond donors (Lipinski definition) is 2. The molecule has 0 fully saturated rings. The van der Waals surface area contributed by atoms with Gasteiger partial charge in [-0.1, -0.05) is 5.16 Å². The summed E-state index contributed by atoms with van der Waals surface area (Å²) in [6.07, 6.45) is 3.85. The molecule has 0 heterocycles. The van der Waals surface area contributed by atoms with Crippen molar-refractivity contribution in [2.24, 2.45) is 10.9 Å². The highest BCUT2D eigenvalue weighted by atomic mass is 16.4. The van der Waals surface area contributed by atoms with Gasteiger partial charge in [0.25, 0.3) is 0 Å². The third-order valence-corrected chi connectivity index (χ3v) is 1.11. The molecule has 0 aromatic carbocycles. The monoisotopic (exact) mass is 138 g/mol. The van der Waals surface area contributed by atoms with Crippen LogP contribution in [0.4, 0.5) is 0 Å². The maximum absolute atomic E-state index is 10.6. The normalized spacial score (nSPS) is 21.4. The number of ketones is 1. The van der Waals surface area contributed by atoms with Gasteiger partial charge in [-0.15, -0.1) is 0 Å². The van der Waals surface area contributed by atoms with Crippen LogP contribution in [0.3, 0.4) is 0 Å². The fraction of sp³-hybridized carbons (Fsp3) is 0. The summed E-state index contributed by atoms with van der Waals surface area (Å²) in [4.78, 5) is 10.6. The van der Waals surface area contributed by atoms with Gasteiger partial charge in [0, 0.05) is 6.08 Å². The maximum Gasteiger partial charge on any atom is 0.180 e. The van der Waals surface area contributed by atoms with Crippen LogP contribution in [0.15, 0.2) is 29.1 Å². The largest absolute Gasteiger partial charge is 0.410 e. The highest BCUT2D eigenvalue weighted by Crippen LogP contribution is 1.99. The highest BCUT2D eigenvalue weighted by Gasteiger charge is 2.06. The van der Waals surface area contributed by atoms with Gasteiger partial charge in [-0.25, -0.2) is 0 Å². The van der Waals surface area contributed by atoms with Crippen molar-refractivity contribution in [3.63, 3.8) is 0 Å². The number of rotatable bonds is 0. The first-order valence-corrected chi connectivity index (χ1v) is 2.65. The SMILES string of the molecule is NC1=CC(=O)C=CC1=NO. The predicted molar refractivity (Wildman–Crippen MR) is 35.6 cm³/mol. The van der Waals surface area contributed by atoms with Crippen molar-refractivity contribution in [2.75, 3.05) is 0 Å². The molecule has 0 saturated heterocycles. The molecule has 4 nitrogen and oxygen atoms in total. The van der Waals surface area contributed by atoms with Gasteiger partial charge in [-0.05, 0) is 12.2 Å². The zero-order chi connectivity index (χ0) is 7.56. The van der Waals surface area contributed by atoms with Crippen molar-refractivity contribution >= 4 is 11.5 Å². The third-order valence-electron chi connectivity index (χ3n) is 1.11. The van der Waals surface area contributed by atoms with Crippen LogP contribution in [0.1, 0.15) is 0 Å². The number of carbonyl (C=O) groups excluding carboxylic acids is 1. The molecule has 0 amide bonds. The molecular weight excluding hydrogens is 132 g/mol. The van der Waals surface area contributed by atoms with E-state index in [1.165, 1.54) is 18.2 Å². The van der Waals surface area contributed by atoms with Gasteiger partial charge in [0.1, 0.15) is 5.71 Å². The molecule has 3 N–H and O–H groups in total. The molecule has 0 aromatic heterocycles. The Kier molecular flexibility index (Phi) is 1.53. The minimum absolute atomic E-state index is 0.190. The van der Waals surface area contributed by atoms with Gasteiger partial charge < -0.3 is 10.9 Å². The Morgan fingerprint density at radius 1 is 1.50 bits per heavy atom. The zero-order valence-electron chi connectivity index (χ0n) is 5.11. The summed E-state index contributed by atoms with van der Waals surface area (Å²) >= 11 is 0. The number of carbonyl (C=O) groups is 1. The van der Waals surface area contributed by atoms with Crippen molar-refractivity contribution in [3.05, 3.63) is 23.9 Å². The van der Waals surface area contributed by atoms with Crippen LogP contribution in [0.25, 0.3) is 0 Å². The fourth-order valence-electron chi connectivity index (χ4n) is 0.624. The highest BCUT2D eigenvalue weighted by molar-refractivity contribution is 6.18. The standard InChI is InChI=1S/C6H6N2O2/c7-5-3-4(9)1-2-6(5)8-10/h1-3,10H,7H2. The van der Waals surface area contributed by atoms with Gasteiger partial charge in [0.05, 0.1) is 5.70 Å². The summed E-state index contributed by atoms with van der Waals surface area (Å²) in [7, 11) is 0. The lowest BCUT2D eigenvalue weighted by molar-refractivity contribution is -0.110. The molecule has 0 unspecified atom stereocenters. The van der Waals surface area contributed by atoms with E-state index in [0.29, 0.717) is 0 Å². The summed E-state index contributed by atoms with van der Waals surface area (Å²) in [5.74, 6) is -0.190. The lowest BCUT2D eigenvalue weighted by Gasteiger charge is -2.01. The summed E-state index contributed by atoms with van der Waals surface area (Å²) in [5, 5.41) is 11.1. The van der Waals surface area contributed by atoms with Crippen molar-refractivity contribution < 1.29 is 10.0 Å². The Bertz CT molecular complexity index is 250. The predicted octanol–water partition coefficient (Wildman–Crippen LogP) is -0.202. The second kappa shape index (κ2) is 2.34. The molecule has 1 rings (SSSR count). The average molecular weight is 138 g/mol. The Morgan fingerprint density at radius 2 is 2.20 bits per heavy atom. The van der Waals surface area contributed by atoms with Gasteiger partial charge in [-0.3, -0.25) is 4.79 Å². The summed E-state index contributed by atoms with van der Waals surface area (Å²) in [6, 6.07) is 0. The Morgan fingerprint density at radius 3 is 2.70 bits per heavy atom. The number of oxime groups is 1. The quantitative estimate of drug-likeness (QED) is 0.276. The van der Waals surface area contributed by atoms with E-state index in [1.807, 2.05) is 0 Å². The zero-order valence-corrected chi connectivity index (χ0v) is 5.11. The molecule has 1 aliphatic rings. The molecular formula is C6H6N2O2. The van der Waals surface area contributed by atoms with Crippen molar-refractivity contribution in [2.45, 2.75) is 0 Å². The number of hydrogen-bond acceptors (Lipinski definition) is 4. The van der Waals surface area contributed by atoms with Crippen LogP contribution in [0, 0.1) is 0 Å². The van der Waals surface area contributed by atoms with Gasteiger partial charge in [-0.2, -0.15) is 0 Å². The Labute approximate surface area is 57.3 Å². The number of nitrogens with zero attached hydrogens (tertiary/aromatic N) is 1. The van der Waals surface area contributed by atoms with Crippen molar-refractivity contribution in [3.8, 4) is 0 Å². The van der Waals surface area contributed by atoms with E-state index >= 15 is 0 Å². The van der Waals surface area contributed by atoms with Gasteiger partial charge in [0.2, 0.25) is 0 Å². The number of allylic oxidation sites excluding steroid dienone is 3. The molecule has 0 spiro atoms. The molecule has 0 radical (unpaired) electrons. The van der Waals surface area contributed by atoms with Crippen LogP contribution in [0.2, 0.25) is 0 Å². The molecule has 0 atom stereocenters. The maximum atomic E-state index is 10.6. The van der Waals surface area contributed by atoms with E-state index in [-0.39, 0.29) is 17.2 Å². The molecule has 0 bridgehead atoms. The molecule has 4 heteroatoms. The molecule has 10 heavy (non-hydrogen) atoms. The first-order valence-electron chi connectivity index (χ1n) is 2.65. The summed E-state index contributed by atoms with van der Waals surface area (Å²) in [5.41, 5.74) is 5.69. The first-order chi connectivity index (χ1) is 4.74.